The van der Waals surface area contributed by atoms with Gasteiger partial charge in [0.05, 0.1) is 0 Å². The van der Waals surface area contributed by atoms with Gasteiger partial charge in [0, 0.05) is 5.75 Å². The highest BCUT2D eigenvalue weighted by molar-refractivity contribution is 7.98. The van der Waals surface area contributed by atoms with E-state index < -0.39 is 24.5 Å². The lowest BCUT2D eigenvalue weighted by Gasteiger charge is -2.11. The summed E-state index contributed by atoms with van der Waals surface area (Å²) in [4.78, 5) is 21.0. The fraction of sp³-hybridized carbons (Fsp3) is 0.667. The van der Waals surface area contributed by atoms with Crippen LogP contribution in [0.4, 0.5) is 0 Å². The largest absolute Gasteiger partial charge is 0.480 e. The molecule has 0 bridgehead atoms. The average molecular weight is 193 g/mol. The summed E-state index contributed by atoms with van der Waals surface area (Å²) in [5.41, 5.74) is 0. The van der Waals surface area contributed by atoms with Crippen molar-refractivity contribution in [3.8, 4) is 0 Å². The summed E-state index contributed by atoms with van der Waals surface area (Å²) >= 11 is 1.31. The Morgan fingerprint density at radius 2 is 2.17 bits per heavy atom. The molecule has 0 aromatic rings. The molecule has 0 aliphatic rings. The van der Waals surface area contributed by atoms with Gasteiger partial charge in [0.15, 0.2) is 0 Å². The van der Waals surface area contributed by atoms with E-state index in [0.29, 0.717) is 5.75 Å². The van der Waals surface area contributed by atoms with E-state index in [1.54, 1.807) is 6.26 Å². The van der Waals surface area contributed by atoms with E-state index >= 15 is 0 Å². The number of hydrogen-bond donors (Lipinski definition) is 3. The molecular weight excluding hydrogens is 182 g/mol. The van der Waals surface area contributed by atoms with E-state index in [9.17, 15) is 9.59 Å². The molecule has 0 aromatic carbocycles. The van der Waals surface area contributed by atoms with Crippen LogP contribution in [0, 0.1) is 0 Å². The van der Waals surface area contributed by atoms with Gasteiger partial charge in [-0.3, -0.25) is 4.79 Å². The summed E-state index contributed by atoms with van der Waals surface area (Å²) in [6.45, 7) is -0.682. The maximum atomic E-state index is 10.6. The second-order valence-electron chi connectivity index (χ2n) is 2.07. The first kappa shape index (κ1) is 11.2. The first-order chi connectivity index (χ1) is 5.61. The molecule has 0 aliphatic carbocycles. The summed E-state index contributed by atoms with van der Waals surface area (Å²) in [6.07, 6.45) is 1.74. The lowest BCUT2D eigenvalue weighted by Crippen LogP contribution is -2.43. The minimum Gasteiger partial charge on any atom is -0.480 e. The van der Waals surface area contributed by atoms with Crippen molar-refractivity contribution in [3.05, 3.63) is 0 Å². The predicted octanol–water partition coefficient (Wildman–Crippen LogP) is -1.09. The van der Waals surface area contributed by atoms with Gasteiger partial charge in [-0.15, -0.1) is 0 Å². The highest BCUT2D eigenvalue weighted by atomic mass is 32.2. The number of nitrogens with one attached hydrogen (secondary N) is 1. The van der Waals surface area contributed by atoms with Crippen LogP contribution in [0.3, 0.4) is 0 Å². The smallest absolute Gasteiger partial charge is 0.327 e. The van der Waals surface area contributed by atoms with Gasteiger partial charge in [-0.05, 0) is 6.26 Å². The monoisotopic (exact) mass is 193 g/mol. The summed E-state index contributed by atoms with van der Waals surface area (Å²) in [7, 11) is 0. The third kappa shape index (κ3) is 4.20. The standard InChI is InChI=1S/C6H11NO4S/c1-12-3-4(6(10)11)7-5(9)2-8/h4,8H,2-3H2,1H3,(H,7,9)(H,10,11). The second-order valence-corrected chi connectivity index (χ2v) is 2.98. The van der Waals surface area contributed by atoms with Crippen LogP contribution in [0.25, 0.3) is 0 Å². The van der Waals surface area contributed by atoms with Gasteiger partial charge < -0.3 is 15.5 Å². The summed E-state index contributed by atoms with van der Waals surface area (Å²) in [6, 6.07) is -0.917. The molecule has 0 radical (unpaired) electrons. The molecular formula is C6H11NO4S. The zero-order valence-corrected chi connectivity index (χ0v) is 7.43. The maximum Gasteiger partial charge on any atom is 0.327 e. The van der Waals surface area contributed by atoms with Gasteiger partial charge in [0.2, 0.25) is 5.91 Å². The van der Waals surface area contributed by atoms with Crippen LogP contribution in [0.15, 0.2) is 0 Å². The Labute approximate surface area is 74.1 Å². The van der Waals surface area contributed by atoms with Gasteiger partial charge in [0.1, 0.15) is 12.6 Å². The van der Waals surface area contributed by atoms with Crippen molar-refractivity contribution in [2.75, 3.05) is 18.6 Å². The normalized spacial score (nSPS) is 12.2. The molecule has 0 saturated carbocycles. The lowest BCUT2D eigenvalue weighted by atomic mass is 10.3. The average Bonchev–Trinajstić information content (AvgIpc) is 2.03. The third-order valence-corrected chi connectivity index (χ3v) is 1.78. The SMILES string of the molecule is CSCC(NC(=O)CO)C(=O)O. The molecule has 0 aliphatic heterocycles. The molecule has 0 heterocycles. The molecule has 0 saturated heterocycles. The first-order valence-corrected chi connectivity index (χ1v) is 4.63. The summed E-state index contributed by atoms with van der Waals surface area (Å²) in [5.74, 6) is -1.47. The molecule has 0 spiro atoms. The zero-order chi connectivity index (χ0) is 9.56. The van der Waals surface area contributed by atoms with Gasteiger partial charge in [-0.2, -0.15) is 11.8 Å². The number of hydrogen-bond acceptors (Lipinski definition) is 4. The van der Waals surface area contributed by atoms with Crippen molar-refractivity contribution in [1.82, 2.24) is 5.32 Å². The summed E-state index contributed by atoms with van der Waals surface area (Å²) in [5, 5.41) is 19.0. The van der Waals surface area contributed by atoms with Crippen molar-refractivity contribution < 1.29 is 19.8 Å². The Bertz CT molecular complexity index is 171. The van der Waals surface area contributed by atoms with Crippen LogP contribution in [0.5, 0.6) is 0 Å². The number of aliphatic hydroxyl groups excluding tert-OH is 1. The number of amides is 1. The lowest BCUT2D eigenvalue weighted by molar-refractivity contribution is -0.141. The minimum absolute atomic E-state index is 0.293. The van der Waals surface area contributed by atoms with Crippen molar-refractivity contribution in [2.45, 2.75) is 6.04 Å². The molecule has 1 amide bonds. The van der Waals surface area contributed by atoms with Crippen molar-refractivity contribution >= 4 is 23.6 Å². The van der Waals surface area contributed by atoms with E-state index in [-0.39, 0.29) is 0 Å². The molecule has 6 heteroatoms. The number of thioether (sulfide) groups is 1. The molecule has 5 nitrogen and oxygen atoms in total. The summed E-state index contributed by atoms with van der Waals surface area (Å²) < 4.78 is 0. The van der Waals surface area contributed by atoms with E-state index in [0.717, 1.165) is 0 Å². The number of carboxylic acid groups (broad SMARTS) is 1. The van der Waals surface area contributed by atoms with Crippen LogP contribution >= 0.6 is 11.8 Å². The fourth-order valence-corrected chi connectivity index (χ4v) is 1.14. The second kappa shape index (κ2) is 5.84. The highest BCUT2D eigenvalue weighted by Gasteiger charge is 2.18. The van der Waals surface area contributed by atoms with E-state index in [2.05, 4.69) is 5.32 Å². The Balaban J connectivity index is 3.95. The topological polar surface area (TPSA) is 86.6 Å². The number of aliphatic hydroxyl groups is 1. The molecule has 0 aromatic heterocycles. The van der Waals surface area contributed by atoms with E-state index in [1.807, 2.05) is 0 Å². The quantitative estimate of drug-likeness (QED) is 0.516. The van der Waals surface area contributed by atoms with Crippen LogP contribution in [-0.2, 0) is 9.59 Å². The number of carbonyl (C=O) groups is 2. The van der Waals surface area contributed by atoms with Gasteiger partial charge in [0.25, 0.3) is 0 Å². The van der Waals surface area contributed by atoms with Crippen molar-refractivity contribution in [1.29, 1.82) is 0 Å². The third-order valence-electron chi connectivity index (χ3n) is 1.11. The van der Waals surface area contributed by atoms with Crippen LogP contribution in [0.2, 0.25) is 0 Å². The molecule has 0 fully saturated rings. The van der Waals surface area contributed by atoms with Gasteiger partial charge >= 0.3 is 5.97 Å². The van der Waals surface area contributed by atoms with E-state index in [4.69, 9.17) is 10.2 Å². The number of carbonyl (C=O) groups excluding carboxylic acids is 1. The highest BCUT2D eigenvalue weighted by Crippen LogP contribution is 1.97. The molecule has 1 unspecified atom stereocenters. The van der Waals surface area contributed by atoms with Crippen molar-refractivity contribution in [2.24, 2.45) is 0 Å². The van der Waals surface area contributed by atoms with Crippen molar-refractivity contribution in [3.63, 3.8) is 0 Å². The molecule has 70 valence electrons. The van der Waals surface area contributed by atoms with Crippen LogP contribution in [-0.4, -0.2) is 46.7 Å². The maximum absolute atomic E-state index is 10.6. The fourth-order valence-electron chi connectivity index (χ4n) is 0.581. The van der Waals surface area contributed by atoms with Gasteiger partial charge in [-0.25, -0.2) is 4.79 Å². The number of carboxylic acids is 1. The Morgan fingerprint density at radius 3 is 2.50 bits per heavy atom. The molecule has 3 N–H and O–H groups in total. The first-order valence-electron chi connectivity index (χ1n) is 3.23. The van der Waals surface area contributed by atoms with Gasteiger partial charge in [-0.1, -0.05) is 0 Å². The van der Waals surface area contributed by atoms with Crippen LogP contribution in [0.1, 0.15) is 0 Å². The van der Waals surface area contributed by atoms with Crippen LogP contribution < -0.4 is 5.32 Å². The Hall–Kier alpha value is -0.750. The minimum atomic E-state index is -1.09. The Kier molecular flexibility index (Phi) is 5.48. The van der Waals surface area contributed by atoms with E-state index in [1.165, 1.54) is 11.8 Å². The number of aliphatic carboxylic acids is 1. The predicted molar refractivity (Wildman–Crippen MR) is 45.0 cm³/mol. The Morgan fingerprint density at radius 1 is 1.58 bits per heavy atom. The zero-order valence-electron chi connectivity index (χ0n) is 6.61. The number of rotatable bonds is 5. The molecule has 1 atom stereocenters. The molecule has 0 rings (SSSR count). The molecule has 12 heavy (non-hydrogen) atoms.